The van der Waals surface area contributed by atoms with E-state index in [1.807, 2.05) is 30.5 Å². The lowest BCUT2D eigenvalue weighted by Crippen LogP contribution is -2.18. The molecule has 0 aliphatic rings. The van der Waals surface area contributed by atoms with E-state index >= 15 is 0 Å². The van der Waals surface area contributed by atoms with E-state index in [-0.39, 0.29) is 12.3 Å². The van der Waals surface area contributed by atoms with Crippen molar-refractivity contribution in [1.29, 1.82) is 0 Å². The van der Waals surface area contributed by atoms with Crippen LogP contribution in [-0.4, -0.2) is 33.3 Å². The lowest BCUT2D eigenvalue weighted by Gasteiger charge is -2.12. The molecule has 0 saturated carbocycles. The molecule has 1 heterocycles. The third-order valence-electron chi connectivity index (χ3n) is 2.81. The minimum atomic E-state index is -1.57. The van der Waals surface area contributed by atoms with E-state index in [2.05, 4.69) is 21.8 Å². The van der Waals surface area contributed by atoms with Gasteiger partial charge in [-0.15, -0.1) is 0 Å². The summed E-state index contributed by atoms with van der Waals surface area (Å²) in [5.74, 6) is 0.905. The first kappa shape index (κ1) is 16.2. The zero-order valence-corrected chi connectivity index (χ0v) is 13.0. The molecule has 0 aliphatic carbocycles. The number of thioether (sulfide) groups is 1. The van der Waals surface area contributed by atoms with Crippen molar-refractivity contribution in [3.8, 4) is 0 Å². The topological polar surface area (TPSA) is 52.3 Å². The fraction of sp³-hybridized carbons (Fsp3) is 0.267. The predicted octanol–water partition coefficient (Wildman–Crippen LogP) is 3.22. The molecule has 0 bridgehead atoms. The third kappa shape index (κ3) is 4.17. The Kier molecular flexibility index (Phi) is 6.14. The van der Waals surface area contributed by atoms with Crippen molar-refractivity contribution in [2.24, 2.45) is 5.16 Å². The van der Waals surface area contributed by atoms with Gasteiger partial charge < -0.3 is 4.84 Å². The molecular formula is C15H17FN4OS. The Morgan fingerprint density at radius 1 is 1.50 bits per heavy atom. The van der Waals surface area contributed by atoms with Gasteiger partial charge >= 0.3 is 0 Å². The number of nitrogens with zero attached hydrogens (tertiary/aromatic N) is 4. The van der Waals surface area contributed by atoms with Gasteiger partial charge in [0.15, 0.2) is 0 Å². The standard InChI is InChI=1S/C15H17FN4OS/c1-3-8-21-19-14(15(16)20-11-17-10-18-20)13-6-4-12(5-7-13)9-22-2/h3-7,10-11,15H,1,8-9H2,2H3. The second kappa shape index (κ2) is 8.33. The van der Waals surface area contributed by atoms with E-state index in [0.29, 0.717) is 5.56 Å². The smallest absolute Gasteiger partial charge is 0.239 e. The predicted molar refractivity (Wildman–Crippen MR) is 86.5 cm³/mol. The van der Waals surface area contributed by atoms with Gasteiger partial charge in [0.2, 0.25) is 6.30 Å². The Labute approximate surface area is 132 Å². The summed E-state index contributed by atoms with van der Waals surface area (Å²) in [7, 11) is 0. The van der Waals surface area contributed by atoms with Crippen molar-refractivity contribution in [3.05, 3.63) is 60.7 Å². The fourth-order valence-electron chi connectivity index (χ4n) is 1.79. The highest BCUT2D eigenvalue weighted by Crippen LogP contribution is 2.18. The van der Waals surface area contributed by atoms with Gasteiger partial charge in [0, 0.05) is 11.3 Å². The summed E-state index contributed by atoms with van der Waals surface area (Å²) in [5.41, 5.74) is 1.94. The first-order valence-electron chi connectivity index (χ1n) is 6.63. The van der Waals surface area contributed by atoms with Crippen LogP contribution in [0.3, 0.4) is 0 Å². The monoisotopic (exact) mass is 320 g/mol. The van der Waals surface area contributed by atoms with Gasteiger partial charge in [-0.3, -0.25) is 0 Å². The molecule has 0 fully saturated rings. The average Bonchev–Trinajstić information content (AvgIpc) is 3.07. The molecule has 2 rings (SSSR count). The SMILES string of the molecule is C=CCON=C(c1ccc(CSC)cc1)C(F)n1cncn1. The average molecular weight is 320 g/mol. The molecule has 1 unspecified atom stereocenters. The van der Waals surface area contributed by atoms with Crippen LogP contribution < -0.4 is 0 Å². The molecule has 2 aromatic rings. The first-order chi connectivity index (χ1) is 10.8. The van der Waals surface area contributed by atoms with Crippen molar-refractivity contribution in [2.45, 2.75) is 12.0 Å². The highest BCUT2D eigenvalue weighted by atomic mass is 32.2. The summed E-state index contributed by atoms with van der Waals surface area (Å²) in [4.78, 5) is 8.81. The van der Waals surface area contributed by atoms with Gasteiger partial charge in [0.25, 0.3) is 0 Å². The molecule has 0 aliphatic heterocycles. The molecule has 1 atom stereocenters. The molecule has 0 radical (unpaired) electrons. The zero-order valence-electron chi connectivity index (χ0n) is 12.2. The van der Waals surface area contributed by atoms with E-state index in [1.54, 1.807) is 17.8 Å². The van der Waals surface area contributed by atoms with E-state index in [0.717, 1.165) is 10.4 Å². The Hall–Kier alpha value is -2.15. The molecule has 0 amide bonds. The molecule has 7 heteroatoms. The van der Waals surface area contributed by atoms with Crippen LogP contribution in [0, 0.1) is 0 Å². The van der Waals surface area contributed by atoms with Gasteiger partial charge in [-0.25, -0.2) is 14.1 Å². The quantitative estimate of drug-likeness (QED) is 0.324. The number of alkyl halides is 1. The first-order valence-corrected chi connectivity index (χ1v) is 8.02. The maximum Gasteiger partial charge on any atom is 0.239 e. The Morgan fingerprint density at radius 2 is 2.27 bits per heavy atom. The van der Waals surface area contributed by atoms with E-state index in [4.69, 9.17) is 4.84 Å². The number of benzene rings is 1. The third-order valence-corrected chi connectivity index (χ3v) is 3.43. The summed E-state index contributed by atoms with van der Waals surface area (Å²) >= 11 is 1.73. The molecule has 5 nitrogen and oxygen atoms in total. The van der Waals surface area contributed by atoms with Gasteiger partial charge in [-0.2, -0.15) is 16.9 Å². The normalized spacial score (nSPS) is 12.9. The van der Waals surface area contributed by atoms with Crippen LogP contribution in [0.25, 0.3) is 0 Å². The van der Waals surface area contributed by atoms with E-state index in [9.17, 15) is 4.39 Å². The van der Waals surface area contributed by atoms with Crippen molar-refractivity contribution in [1.82, 2.24) is 14.8 Å². The Bertz CT molecular complexity index is 613. The van der Waals surface area contributed by atoms with Crippen LogP contribution in [0.1, 0.15) is 17.4 Å². The second-order valence-electron chi connectivity index (χ2n) is 4.40. The maximum atomic E-state index is 14.6. The Balaban J connectivity index is 2.27. The van der Waals surface area contributed by atoms with Crippen LogP contribution in [0.5, 0.6) is 0 Å². The highest BCUT2D eigenvalue weighted by Gasteiger charge is 2.20. The van der Waals surface area contributed by atoms with E-state index in [1.165, 1.54) is 18.2 Å². The molecule has 0 saturated heterocycles. The maximum absolute atomic E-state index is 14.6. The largest absolute Gasteiger partial charge is 0.391 e. The van der Waals surface area contributed by atoms with Crippen LogP contribution in [0.15, 0.2) is 54.7 Å². The number of halogens is 1. The van der Waals surface area contributed by atoms with Crippen molar-refractivity contribution >= 4 is 17.5 Å². The molecule has 0 N–H and O–H groups in total. The molecule has 1 aromatic heterocycles. The van der Waals surface area contributed by atoms with Crippen molar-refractivity contribution < 1.29 is 9.23 Å². The van der Waals surface area contributed by atoms with Crippen LogP contribution in [0.4, 0.5) is 4.39 Å². The zero-order chi connectivity index (χ0) is 15.8. The summed E-state index contributed by atoms with van der Waals surface area (Å²) in [5, 5.41) is 7.70. The molecule has 1 aromatic carbocycles. The van der Waals surface area contributed by atoms with Crippen LogP contribution in [-0.2, 0) is 10.6 Å². The van der Waals surface area contributed by atoms with Crippen molar-refractivity contribution in [3.63, 3.8) is 0 Å². The van der Waals surface area contributed by atoms with E-state index < -0.39 is 6.30 Å². The number of hydrogen-bond donors (Lipinski definition) is 0. The van der Waals surface area contributed by atoms with Gasteiger partial charge in [0.1, 0.15) is 25.0 Å². The van der Waals surface area contributed by atoms with Crippen LogP contribution in [0.2, 0.25) is 0 Å². The highest BCUT2D eigenvalue weighted by molar-refractivity contribution is 7.97. The minimum absolute atomic E-state index is 0.142. The summed E-state index contributed by atoms with van der Waals surface area (Å²) in [6, 6.07) is 7.54. The molecule has 22 heavy (non-hydrogen) atoms. The number of rotatable bonds is 8. The molecule has 116 valence electrons. The van der Waals surface area contributed by atoms with Gasteiger partial charge in [-0.05, 0) is 11.8 Å². The second-order valence-corrected chi connectivity index (χ2v) is 5.27. The summed E-state index contributed by atoms with van der Waals surface area (Å²) < 4.78 is 15.7. The summed E-state index contributed by atoms with van der Waals surface area (Å²) in [6.07, 6.45) is 4.59. The Morgan fingerprint density at radius 3 is 2.86 bits per heavy atom. The minimum Gasteiger partial charge on any atom is -0.391 e. The van der Waals surface area contributed by atoms with Crippen molar-refractivity contribution in [2.75, 3.05) is 12.9 Å². The number of hydrogen-bond acceptors (Lipinski definition) is 5. The molecule has 0 spiro atoms. The summed E-state index contributed by atoms with van der Waals surface area (Å²) in [6.45, 7) is 3.75. The lowest BCUT2D eigenvalue weighted by molar-refractivity contribution is 0.168. The van der Waals surface area contributed by atoms with Gasteiger partial charge in [-0.1, -0.05) is 42.1 Å². The van der Waals surface area contributed by atoms with Gasteiger partial charge in [0.05, 0.1) is 0 Å². The number of aromatic nitrogens is 3. The number of oxime groups is 1. The van der Waals surface area contributed by atoms with Crippen LogP contribution >= 0.6 is 11.8 Å². The fourth-order valence-corrected chi connectivity index (χ4v) is 2.32. The lowest BCUT2D eigenvalue weighted by atomic mass is 10.1. The molecular weight excluding hydrogens is 303 g/mol.